The first-order valence-electron chi connectivity index (χ1n) is 10.9. The number of benzene rings is 3. The zero-order valence-corrected chi connectivity index (χ0v) is 18.4. The van der Waals surface area contributed by atoms with E-state index in [1.54, 1.807) is 18.1 Å². The van der Waals surface area contributed by atoms with Gasteiger partial charge in [0.15, 0.2) is 0 Å². The molecule has 4 nitrogen and oxygen atoms in total. The lowest BCUT2D eigenvalue weighted by atomic mass is 9.80. The molecule has 164 valence electrons. The van der Waals surface area contributed by atoms with Crippen LogP contribution in [0.2, 0.25) is 0 Å². The van der Waals surface area contributed by atoms with Crippen LogP contribution in [0.3, 0.4) is 0 Å². The predicted octanol–water partition coefficient (Wildman–Crippen LogP) is 4.80. The van der Waals surface area contributed by atoms with Crippen LogP contribution in [-0.4, -0.2) is 43.2 Å². The maximum Gasteiger partial charge on any atom is 0.225 e. The molecule has 0 bridgehead atoms. The minimum Gasteiger partial charge on any atom is -0.377 e. The molecule has 4 rings (SSSR count). The number of hydrogen-bond donors (Lipinski definition) is 0. The van der Waals surface area contributed by atoms with Gasteiger partial charge in [-0.15, -0.1) is 6.58 Å². The van der Waals surface area contributed by atoms with Crippen LogP contribution in [0.1, 0.15) is 23.1 Å². The summed E-state index contributed by atoms with van der Waals surface area (Å²) in [5.41, 5.74) is 2.32. The molecule has 1 amide bonds. The average molecular weight is 428 g/mol. The predicted molar refractivity (Wildman–Crippen MR) is 126 cm³/mol. The first kappa shape index (κ1) is 22.0. The molecular weight excluding hydrogens is 398 g/mol. The van der Waals surface area contributed by atoms with Crippen molar-refractivity contribution in [2.45, 2.75) is 24.2 Å². The second-order valence-electron chi connectivity index (χ2n) is 7.97. The highest BCUT2D eigenvalue weighted by Crippen LogP contribution is 2.41. The third-order valence-corrected chi connectivity index (χ3v) is 6.17. The molecule has 3 aromatic carbocycles. The van der Waals surface area contributed by atoms with Crippen molar-refractivity contribution in [3.63, 3.8) is 0 Å². The fraction of sp³-hybridized carbons (Fsp3) is 0.250. The third kappa shape index (κ3) is 4.12. The summed E-state index contributed by atoms with van der Waals surface area (Å²) in [5.74, 6) is 0.123. The van der Waals surface area contributed by atoms with E-state index in [4.69, 9.17) is 9.47 Å². The topological polar surface area (TPSA) is 38.8 Å². The fourth-order valence-corrected chi connectivity index (χ4v) is 4.50. The van der Waals surface area contributed by atoms with Gasteiger partial charge in [0.1, 0.15) is 11.7 Å². The summed E-state index contributed by atoms with van der Waals surface area (Å²) in [4.78, 5) is 13.9. The number of likely N-dealkylation sites (tertiary alicyclic amines) is 1. The van der Waals surface area contributed by atoms with Crippen molar-refractivity contribution in [1.29, 1.82) is 0 Å². The number of carbonyl (C=O) groups excluding carboxylic acids is 1. The van der Waals surface area contributed by atoms with Gasteiger partial charge >= 0.3 is 0 Å². The van der Waals surface area contributed by atoms with E-state index in [1.807, 2.05) is 54.6 Å². The highest BCUT2D eigenvalue weighted by Gasteiger charge is 2.44. The third-order valence-electron chi connectivity index (χ3n) is 6.17. The number of carbonyl (C=O) groups is 1. The zero-order valence-electron chi connectivity index (χ0n) is 18.4. The molecule has 0 spiro atoms. The van der Waals surface area contributed by atoms with Crippen molar-refractivity contribution >= 4 is 5.91 Å². The molecule has 0 radical (unpaired) electrons. The second kappa shape index (κ2) is 9.94. The van der Waals surface area contributed by atoms with E-state index in [-0.39, 0.29) is 18.1 Å². The van der Waals surface area contributed by atoms with E-state index in [9.17, 15) is 4.79 Å². The first-order valence-corrected chi connectivity index (χ1v) is 10.9. The number of amides is 1. The number of methoxy groups -OCH3 is 1. The van der Waals surface area contributed by atoms with Crippen LogP contribution in [0.25, 0.3) is 0 Å². The van der Waals surface area contributed by atoms with E-state index in [1.165, 1.54) is 0 Å². The second-order valence-corrected chi connectivity index (χ2v) is 7.97. The lowest BCUT2D eigenvalue weighted by Gasteiger charge is -2.45. The lowest BCUT2D eigenvalue weighted by molar-refractivity contribution is -0.157. The molecule has 0 aromatic heterocycles. The van der Waals surface area contributed by atoms with Gasteiger partial charge in [-0.05, 0) is 16.7 Å². The van der Waals surface area contributed by atoms with Gasteiger partial charge in [0.25, 0.3) is 0 Å². The van der Waals surface area contributed by atoms with E-state index >= 15 is 0 Å². The highest BCUT2D eigenvalue weighted by atomic mass is 16.5. The maximum atomic E-state index is 12.1. The van der Waals surface area contributed by atoms with Crippen molar-refractivity contribution in [2.24, 2.45) is 0 Å². The van der Waals surface area contributed by atoms with E-state index in [0.717, 1.165) is 16.7 Å². The van der Waals surface area contributed by atoms with Crippen LogP contribution < -0.4 is 0 Å². The van der Waals surface area contributed by atoms with Crippen LogP contribution in [0.4, 0.5) is 0 Å². The Morgan fingerprint density at radius 2 is 1.41 bits per heavy atom. The van der Waals surface area contributed by atoms with Gasteiger partial charge in [0.05, 0.1) is 12.6 Å². The Balaban J connectivity index is 1.74. The molecule has 3 aromatic rings. The molecule has 0 N–H and O–H groups in total. The quantitative estimate of drug-likeness (QED) is 0.265. The monoisotopic (exact) mass is 427 g/mol. The highest BCUT2D eigenvalue weighted by molar-refractivity contribution is 5.83. The Bertz CT molecular complexity index is 924. The van der Waals surface area contributed by atoms with Gasteiger partial charge < -0.3 is 14.4 Å². The van der Waals surface area contributed by atoms with E-state index in [0.29, 0.717) is 19.6 Å². The van der Waals surface area contributed by atoms with Gasteiger partial charge in [0, 0.05) is 20.1 Å². The smallest absolute Gasteiger partial charge is 0.225 e. The van der Waals surface area contributed by atoms with Gasteiger partial charge in [-0.3, -0.25) is 4.79 Å². The Kier molecular flexibility index (Phi) is 6.84. The van der Waals surface area contributed by atoms with E-state index in [2.05, 4.69) is 43.0 Å². The summed E-state index contributed by atoms with van der Waals surface area (Å²) in [7, 11) is 1.68. The van der Waals surface area contributed by atoms with Crippen LogP contribution in [0.15, 0.2) is 104 Å². The number of β-lactam (4-membered cyclic amide) rings is 1. The largest absolute Gasteiger partial charge is 0.377 e. The lowest BCUT2D eigenvalue weighted by Crippen LogP contribution is -2.59. The minimum absolute atomic E-state index is 0.0227. The molecule has 1 heterocycles. The SMILES string of the molecule is C=CCN1C(=O)C[C@H]1[C@H](COC(c1ccccc1)(c1ccccc1)c1ccccc1)OC. The molecule has 4 heteroatoms. The molecule has 1 aliphatic rings. The van der Waals surface area contributed by atoms with Gasteiger partial charge in [0.2, 0.25) is 5.91 Å². The number of nitrogens with zero attached hydrogens (tertiary/aromatic N) is 1. The van der Waals surface area contributed by atoms with Gasteiger partial charge in [-0.25, -0.2) is 0 Å². The van der Waals surface area contributed by atoms with Crippen molar-refractivity contribution in [3.05, 3.63) is 120 Å². The molecule has 0 saturated carbocycles. The van der Waals surface area contributed by atoms with Crippen molar-refractivity contribution in [3.8, 4) is 0 Å². The summed E-state index contributed by atoms with van der Waals surface area (Å²) in [6.45, 7) is 4.63. The summed E-state index contributed by atoms with van der Waals surface area (Å²) >= 11 is 0. The Labute approximate surface area is 190 Å². The molecule has 0 unspecified atom stereocenters. The van der Waals surface area contributed by atoms with Crippen molar-refractivity contribution < 1.29 is 14.3 Å². The van der Waals surface area contributed by atoms with E-state index < -0.39 is 5.60 Å². The number of ether oxygens (including phenoxy) is 2. The van der Waals surface area contributed by atoms with Crippen LogP contribution >= 0.6 is 0 Å². The van der Waals surface area contributed by atoms with Gasteiger partial charge in [-0.1, -0.05) is 97.1 Å². The molecule has 2 atom stereocenters. The first-order chi connectivity index (χ1) is 15.7. The molecule has 0 aliphatic carbocycles. The minimum atomic E-state index is -0.808. The van der Waals surface area contributed by atoms with Crippen molar-refractivity contribution in [1.82, 2.24) is 4.90 Å². The maximum absolute atomic E-state index is 12.1. The van der Waals surface area contributed by atoms with Crippen LogP contribution in [-0.2, 0) is 19.9 Å². The van der Waals surface area contributed by atoms with Gasteiger partial charge in [-0.2, -0.15) is 0 Å². The fourth-order valence-electron chi connectivity index (χ4n) is 4.50. The van der Waals surface area contributed by atoms with Crippen LogP contribution in [0.5, 0.6) is 0 Å². The number of hydrogen-bond acceptors (Lipinski definition) is 3. The summed E-state index contributed by atoms with van der Waals surface area (Å²) in [6.07, 6.45) is 1.97. The Hall–Kier alpha value is -3.21. The Morgan fingerprint density at radius 3 is 1.78 bits per heavy atom. The molecule has 32 heavy (non-hydrogen) atoms. The summed E-state index contributed by atoms with van der Waals surface area (Å²) < 4.78 is 12.7. The van der Waals surface area contributed by atoms with Crippen LogP contribution in [0, 0.1) is 0 Å². The zero-order chi connectivity index (χ0) is 22.4. The Morgan fingerprint density at radius 1 is 0.938 bits per heavy atom. The standard InChI is InChI=1S/C28H29NO3/c1-3-19-29-25(20-27(29)30)26(31-2)21-32-28(22-13-7-4-8-14-22,23-15-9-5-10-16-23)24-17-11-6-12-18-24/h3-18,25-26H,1,19-21H2,2H3/t25-,26-/m0/s1. The molecule has 1 saturated heterocycles. The van der Waals surface area contributed by atoms with Crippen molar-refractivity contribution in [2.75, 3.05) is 20.3 Å². The molecular formula is C28H29NO3. The molecule has 1 aliphatic heterocycles. The number of rotatable bonds is 10. The summed E-state index contributed by atoms with van der Waals surface area (Å²) in [5, 5.41) is 0. The average Bonchev–Trinajstić information content (AvgIpc) is 2.86. The molecule has 1 fully saturated rings. The normalized spacial score (nSPS) is 17.0. The summed E-state index contributed by atoms with van der Waals surface area (Å²) in [6, 6.07) is 30.8.